The van der Waals surface area contributed by atoms with Crippen molar-refractivity contribution in [2.75, 3.05) is 4.90 Å². The molecule has 0 fully saturated rings. The van der Waals surface area contributed by atoms with Gasteiger partial charge in [-0.15, -0.1) is 0 Å². The molecule has 1 aromatic carbocycles. The first-order valence-corrected chi connectivity index (χ1v) is 5.99. The molecule has 0 saturated heterocycles. The number of rotatable bonds is 1. The second kappa shape index (κ2) is 4.17. The number of nitrogens with zero attached hydrogens (tertiary/aromatic N) is 3. The quantitative estimate of drug-likeness (QED) is 0.741. The zero-order valence-corrected chi connectivity index (χ0v) is 10.4. The van der Waals surface area contributed by atoms with Crippen LogP contribution in [0.15, 0.2) is 30.5 Å². The van der Waals surface area contributed by atoms with Gasteiger partial charge in [0.2, 0.25) is 5.28 Å². The molecule has 1 aromatic heterocycles. The summed E-state index contributed by atoms with van der Waals surface area (Å²) >= 11 is 11.9. The van der Waals surface area contributed by atoms with E-state index in [1.54, 1.807) is 0 Å². The maximum absolute atomic E-state index is 6.09. The molecule has 3 rings (SSSR count). The molecule has 3 nitrogen and oxygen atoms in total. The lowest BCUT2D eigenvalue weighted by atomic mass is 10.1. The summed E-state index contributed by atoms with van der Waals surface area (Å²) in [5.74, 6) is 0.697. The van der Waals surface area contributed by atoms with E-state index in [-0.39, 0.29) is 5.28 Å². The molecule has 86 valence electrons. The first-order chi connectivity index (χ1) is 8.24. The fraction of sp³-hybridized carbons (Fsp3) is 0.167. The molecule has 0 amide bonds. The van der Waals surface area contributed by atoms with Gasteiger partial charge in [-0.05, 0) is 22.7 Å². The van der Waals surface area contributed by atoms with E-state index >= 15 is 0 Å². The third-order valence-electron chi connectivity index (χ3n) is 2.84. The smallest absolute Gasteiger partial charge is 0.224 e. The van der Waals surface area contributed by atoms with Crippen LogP contribution in [0.3, 0.4) is 0 Å². The lowest BCUT2D eigenvalue weighted by Gasteiger charge is -2.17. The molecule has 0 radical (unpaired) electrons. The molecule has 0 bridgehead atoms. The number of anilines is 1. The predicted octanol–water partition coefficient (Wildman–Crippen LogP) is 3.30. The second-order valence-corrected chi connectivity index (χ2v) is 4.68. The molecular formula is C12H9Cl2N3. The number of aromatic nitrogens is 2. The molecule has 0 N–H and O–H groups in total. The number of hydrogen-bond acceptors (Lipinski definition) is 3. The van der Waals surface area contributed by atoms with Crippen LogP contribution in [0.25, 0.3) is 0 Å². The van der Waals surface area contributed by atoms with Crippen molar-refractivity contribution in [2.45, 2.75) is 13.1 Å². The highest BCUT2D eigenvalue weighted by atomic mass is 35.5. The van der Waals surface area contributed by atoms with Crippen molar-refractivity contribution in [3.63, 3.8) is 0 Å². The van der Waals surface area contributed by atoms with Gasteiger partial charge in [0.05, 0.1) is 6.20 Å². The molecular weight excluding hydrogens is 257 g/mol. The van der Waals surface area contributed by atoms with Crippen LogP contribution in [-0.4, -0.2) is 9.97 Å². The van der Waals surface area contributed by atoms with Gasteiger partial charge in [-0.2, -0.15) is 4.98 Å². The molecule has 0 spiro atoms. The second-order valence-electron chi connectivity index (χ2n) is 3.94. The Morgan fingerprint density at radius 2 is 1.71 bits per heavy atom. The van der Waals surface area contributed by atoms with E-state index in [2.05, 4.69) is 27.0 Å². The molecule has 0 unspecified atom stereocenters. The third kappa shape index (κ3) is 1.96. The largest absolute Gasteiger partial charge is 0.347 e. The van der Waals surface area contributed by atoms with Crippen LogP contribution in [0.5, 0.6) is 0 Å². The number of fused-ring (bicyclic) bond motifs is 1. The molecule has 1 aliphatic rings. The maximum Gasteiger partial charge on any atom is 0.224 e. The minimum Gasteiger partial charge on any atom is -0.347 e. The van der Waals surface area contributed by atoms with E-state index in [0.717, 1.165) is 13.1 Å². The number of halogens is 2. The van der Waals surface area contributed by atoms with Crippen molar-refractivity contribution in [2.24, 2.45) is 0 Å². The van der Waals surface area contributed by atoms with Gasteiger partial charge in [-0.1, -0.05) is 35.9 Å². The van der Waals surface area contributed by atoms with E-state index in [1.165, 1.54) is 17.3 Å². The van der Waals surface area contributed by atoms with Crippen molar-refractivity contribution < 1.29 is 0 Å². The minimum atomic E-state index is 0.223. The first-order valence-electron chi connectivity index (χ1n) is 5.24. The van der Waals surface area contributed by atoms with Gasteiger partial charge in [0.1, 0.15) is 5.02 Å². The topological polar surface area (TPSA) is 29.0 Å². The highest BCUT2D eigenvalue weighted by Gasteiger charge is 2.21. The predicted molar refractivity (Wildman–Crippen MR) is 68.4 cm³/mol. The zero-order chi connectivity index (χ0) is 11.8. The SMILES string of the molecule is Clc1ncc(Cl)c(N2Cc3ccccc3C2)n1. The van der Waals surface area contributed by atoms with Crippen molar-refractivity contribution in [1.29, 1.82) is 0 Å². The highest BCUT2D eigenvalue weighted by molar-refractivity contribution is 6.33. The molecule has 0 aliphatic carbocycles. The van der Waals surface area contributed by atoms with Gasteiger partial charge in [0.15, 0.2) is 5.82 Å². The third-order valence-corrected chi connectivity index (χ3v) is 3.29. The summed E-state index contributed by atoms with van der Waals surface area (Å²) in [5.41, 5.74) is 2.61. The van der Waals surface area contributed by atoms with Gasteiger partial charge in [0.25, 0.3) is 0 Å². The molecule has 17 heavy (non-hydrogen) atoms. The Hall–Kier alpha value is -1.32. The van der Waals surface area contributed by atoms with Gasteiger partial charge < -0.3 is 4.90 Å². The van der Waals surface area contributed by atoms with Gasteiger partial charge in [-0.25, -0.2) is 4.98 Å². The lowest BCUT2D eigenvalue weighted by molar-refractivity contribution is 0.851. The van der Waals surface area contributed by atoms with Crippen LogP contribution in [0, 0.1) is 0 Å². The fourth-order valence-corrected chi connectivity index (χ4v) is 2.38. The van der Waals surface area contributed by atoms with Crippen molar-refractivity contribution in [1.82, 2.24) is 9.97 Å². The Kier molecular flexibility index (Phi) is 2.65. The van der Waals surface area contributed by atoms with E-state index in [1.807, 2.05) is 12.1 Å². The Bertz CT molecular complexity index is 546. The summed E-state index contributed by atoms with van der Waals surface area (Å²) < 4.78 is 0. The van der Waals surface area contributed by atoms with Crippen LogP contribution in [0.4, 0.5) is 5.82 Å². The maximum atomic E-state index is 6.09. The molecule has 2 heterocycles. The van der Waals surface area contributed by atoms with Crippen LogP contribution in [0.1, 0.15) is 11.1 Å². The Morgan fingerprint density at radius 3 is 2.35 bits per heavy atom. The normalized spacial score (nSPS) is 13.9. The van der Waals surface area contributed by atoms with Gasteiger partial charge >= 0.3 is 0 Å². The van der Waals surface area contributed by atoms with Gasteiger partial charge in [-0.3, -0.25) is 0 Å². The highest BCUT2D eigenvalue weighted by Crippen LogP contribution is 2.31. The standard InChI is InChI=1S/C12H9Cl2N3/c13-10-5-15-12(14)16-11(10)17-6-8-3-1-2-4-9(8)7-17/h1-5H,6-7H2. The monoisotopic (exact) mass is 265 g/mol. The number of hydrogen-bond donors (Lipinski definition) is 0. The summed E-state index contributed by atoms with van der Waals surface area (Å²) in [6.45, 7) is 1.62. The number of benzene rings is 1. The van der Waals surface area contributed by atoms with E-state index < -0.39 is 0 Å². The molecule has 0 atom stereocenters. The fourth-order valence-electron chi connectivity index (χ4n) is 2.04. The van der Waals surface area contributed by atoms with E-state index in [9.17, 15) is 0 Å². The average molecular weight is 266 g/mol. The lowest BCUT2D eigenvalue weighted by Crippen LogP contribution is -2.16. The average Bonchev–Trinajstić information content (AvgIpc) is 2.75. The van der Waals surface area contributed by atoms with E-state index in [4.69, 9.17) is 23.2 Å². The molecule has 1 aliphatic heterocycles. The summed E-state index contributed by atoms with van der Waals surface area (Å²) in [7, 11) is 0. The zero-order valence-electron chi connectivity index (χ0n) is 8.90. The van der Waals surface area contributed by atoms with Gasteiger partial charge in [0, 0.05) is 13.1 Å². The Labute approximate surface area is 109 Å². The molecule has 0 saturated carbocycles. The van der Waals surface area contributed by atoms with Crippen LogP contribution in [0.2, 0.25) is 10.3 Å². The summed E-state index contributed by atoms with van der Waals surface area (Å²) in [5, 5.41) is 0.752. The van der Waals surface area contributed by atoms with Crippen molar-refractivity contribution in [3.8, 4) is 0 Å². The summed E-state index contributed by atoms with van der Waals surface area (Å²) in [4.78, 5) is 10.1. The van der Waals surface area contributed by atoms with Crippen LogP contribution < -0.4 is 4.90 Å². The van der Waals surface area contributed by atoms with Crippen LogP contribution in [-0.2, 0) is 13.1 Å². The minimum absolute atomic E-state index is 0.223. The Morgan fingerprint density at radius 1 is 1.06 bits per heavy atom. The molecule has 2 aromatic rings. The Balaban J connectivity index is 1.96. The molecule has 5 heteroatoms. The summed E-state index contributed by atoms with van der Waals surface area (Å²) in [6, 6.07) is 8.31. The van der Waals surface area contributed by atoms with Crippen molar-refractivity contribution in [3.05, 3.63) is 51.9 Å². The van der Waals surface area contributed by atoms with Crippen molar-refractivity contribution >= 4 is 29.0 Å². The van der Waals surface area contributed by atoms with Crippen LogP contribution >= 0.6 is 23.2 Å². The van der Waals surface area contributed by atoms with E-state index in [0.29, 0.717) is 10.8 Å². The first kappa shape index (κ1) is 10.8. The summed E-state index contributed by atoms with van der Waals surface area (Å²) in [6.07, 6.45) is 1.54.